The fourth-order valence-corrected chi connectivity index (χ4v) is 4.05. The van der Waals surface area contributed by atoms with Crippen molar-refractivity contribution >= 4 is 44.0 Å². The van der Waals surface area contributed by atoms with Crippen LogP contribution in [0.25, 0.3) is 20.9 Å². The largest absolute Gasteiger partial charge is 0.308 e. The van der Waals surface area contributed by atoms with Crippen LogP contribution in [0.4, 0.5) is 0 Å². The first-order chi connectivity index (χ1) is 11.1. The van der Waals surface area contributed by atoms with Crippen LogP contribution in [0, 0.1) is 0 Å². The summed E-state index contributed by atoms with van der Waals surface area (Å²) >= 11 is 1.64. The molecule has 23 heavy (non-hydrogen) atoms. The quantitative estimate of drug-likeness (QED) is 0.695. The van der Waals surface area contributed by atoms with Crippen molar-refractivity contribution in [1.29, 1.82) is 0 Å². The Kier molecular flexibility index (Phi) is 3.21. The van der Waals surface area contributed by atoms with Gasteiger partial charge < -0.3 is 4.90 Å². The molecule has 0 aliphatic carbocycles. The summed E-state index contributed by atoms with van der Waals surface area (Å²) in [4.78, 5) is 29.0. The van der Waals surface area contributed by atoms with Gasteiger partial charge in [0, 0.05) is 39.7 Å². The Balaban J connectivity index is 1.96. The van der Waals surface area contributed by atoms with Gasteiger partial charge in [0.1, 0.15) is 0 Å². The van der Waals surface area contributed by atoms with Crippen molar-refractivity contribution in [3.05, 3.63) is 46.8 Å². The van der Waals surface area contributed by atoms with Crippen molar-refractivity contribution in [1.82, 2.24) is 9.80 Å². The predicted molar refractivity (Wildman–Crippen MR) is 93.3 cm³/mol. The summed E-state index contributed by atoms with van der Waals surface area (Å²) in [6.45, 7) is 1.06. The summed E-state index contributed by atoms with van der Waals surface area (Å²) in [7, 11) is 3.87. The van der Waals surface area contributed by atoms with Gasteiger partial charge in [-0.2, -0.15) is 0 Å². The molecule has 0 radical (unpaired) electrons. The zero-order chi connectivity index (χ0) is 16.1. The van der Waals surface area contributed by atoms with Crippen LogP contribution in [0.5, 0.6) is 0 Å². The summed E-state index contributed by atoms with van der Waals surface area (Å²) in [6, 6.07) is 9.67. The molecule has 2 amide bonds. The minimum absolute atomic E-state index is 0.186. The SMILES string of the molecule is CN(C)CCN1C(=O)c2cccc3c2c(cc2ccsc23)C1=O. The van der Waals surface area contributed by atoms with E-state index in [-0.39, 0.29) is 11.8 Å². The topological polar surface area (TPSA) is 40.6 Å². The molecule has 0 spiro atoms. The van der Waals surface area contributed by atoms with Crippen molar-refractivity contribution in [2.45, 2.75) is 0 Å². The Bertz CT molecular complexity index is 958. The van der Waals surface area contributed by atoms with Gasteiger partial charge in [0.2, 0.25) is 0 Å². The number of hydrogen-bond donors (Lipinski definition) is 0. The Morgan fingerprint density at radius 2 is 1.87 bits per heavy atom. The maximum Gasteiger partial charge on any atom is 0.261 e. The lowest BCUT2D eigenvalue weighted by atomic mass is 9.93. The molecule has 116 valence electrons. The van der Waals surface area contributed by atoms with Crippen LogP contribution in [0.15, 0.2) is 35.7 Å². The number of carbonyl (C=O) groups excluding carboxylic acids is 2. The Labute approximate surface area is 137 Å². The molecule has 0 saturated heterocycles. The summed E-state index contributed by atoms with van der Waals surface area (Å²) in [5.41, 5.74) is 1.27. The Morgan fingerprint density at radius 3 is 2.65 bits per heavy atom. The number of fused-ring (bicyclic) bond motifs is 2. The second-order valence-electron chi connectivity index (χ2n) is 6.06. The number of rotatable bonds is 3. The monoisotopic (exact) mass is 324 g/mol. The molecule has 4 rings (SSSR count). The van der Waals surface area contributed by atoms with Gasteiger partial charge in [-0.05, 0) is 43.1 Å². The van der Waals surface area contributed by atoms with Gasteiger partial charge in [0.05, 0.1) is 0 Å². The van der Waals surface area contributed by atoms with Gasteiger partial charge in [0.15, 0.2) is 0 Å². The van der Waals surface area contributed by atoms with E-state index in [0.29, 0.717) is 24.2 Å². The molecule has 1 aliphatic rings. The van der Waals surface area contributed by atoms with E-state index in [1.165, 1.54) is 4.90 Å². The average Bonchev–Trinajstić information content (AvgIpc) is 3.00. The molecule has 0 atom stereocenters. The van der Waals surface area contributed by atoms with Crippen LogP contribution in [0.3, 0.4) is 0 Å². The van der Waals surface area contributed by atoms with Crippen molar-refractivity contribution in [2.75, 3.05) is 27.2 Å². The maximum absolute atomic E-state index is 12.9. The first-order valence-electron chi connectivity index (χ1n) is 7.52. The maximum atomic E-state index is 12.9. The summed E-state index contributed by atoms with van der Waals surface area (Å²) < 4.78 is 1.13. The third-order valence-electron chi connectivity index (χ3n) is 4.30. The highest BCUT2D eigenvalue weighted by atomic mass is 32.1. The lowest BCUT2D eigenvalue weighted by Gasteiger charge is -2.28. The molecule has 0 fully saturated rings. The van der Waals surface area contributed by atoms with Gasteiger partial charge in [-0.15, -0.1) is 11.3 Å². The number of imide groups is 1. The first-order valence-corrected chi connectivity index (χ1v) is 8.40. The van der Waals surface area contributed by atoms with Crippen LogP contribution in [0.2, 0.25) is 0 Å². The highest BCUT2D eigenvalue weighted by Crippen LogP contribution is 2.37. The normalized spacial score (nSPS) is 14.5. The number of nitrogens with zero attached hydrogens (tertiary/aromatic N) is 2. The van der Waals surface area contributed by atoms with Gasteiger partial charge in [-0.1, -0.05) is 12.1 Å². The van der Waals surface area contributed by atoms with Gasteiger partial charge >= 0.3 is 0 Å². The molecule has 1 aliphatic heterocycles. The van der Waals surface area contributed by atoms with Crippen molar-refractivity contribution in [3.8, 4) is 0 Å². The molecule has 0 saturated carbocycles. The van der Waals surface area contributed by atoms with Crippen molar-refractivity contribution < 1.29 is 9.59 Å². The minimum atomic E-state index is -0.189. The number of amides is 2. The van der Waals surface area contributed by atoms with Crippen LogP contribution in [0.1, 0.15) is 20.7 Å². The van der Waals surface area contributed by atoms with E-state index in [0.717, 1.165) is 20.9 Å². The highest BCUT2D eigenvalue weighted by molar-refractivity contribution is 7.18. The Morgan fingerprint density at radius 1 is 1.09 bits per heavy atom. The highest BCUT2D eigenvalue weighted by Gasteiger charge is 2.33. The molecule has 2 aromatic carbocycles. The number of benzene rings is 2. The van der Waals surface area contributed by atoms with Crippen molar-refractivity contribution in [2.24, 2.45) is 0 Å². The van der Waals surface area contributed by atoms with Gasteiger partial charge in [-0.25, -0.2) is 0 Å². The molecular formula is C18H16N2O2S. The van der Waals surface area contributed by atoms with E-state index in [1.54, 1.807) is 11.3 Å². The van der Waals surface area contributed by atoms with E-state index in [4.69, 9.17) is 0 Å². The summed E-state index contributed by atoms with van der Waals surface area (Å²) in [5.74, 6) is -0.375. The van der Waals surface area contributed by atoms with Crippen molar-refractivity contribution in [3.63, 3.8) is 0 Å². The fraction of sp³-hybridized carbons (Fsp3) is 0.222. The van der Waals surface area contributed by atoms with Crippen LogP contribution < -0.4 is 0 Å². The van der Waals surface area contributed by atoms with E-state index < -0.39 is 0 Å². The molecule has 0 unspecified atom stereocenters. The zero-order valence-corrected chi connectivity index (χ0v) is 13.8. The van der Waals surface area contributed by atoms with E-state index in [2.05, 4.69) is 0 Å². The molecular weight excluding hydrogens is 308 g/mol. The second-order valence-corrected chi connectivity index (χ2v) is 6.97. The molecule has 0 N–H and O–H groups in total. The van der Waals surface area contributed by atoms with Crippen LogP contribution in [-0.2, 0) is 0 Å². The molecule has 1 aromatic heterocycles. The lowest BCUT2D eigenvalue weighted by molar-refractivity contribution is 0.0601. The van der Waals surface area contributed by atoms with E-state index in [1.807, 2.05) is 54.7 Å². The molecule has 5 heteroatoms. The lowest BCUT2D eigenvalue weighted by Crippen LogP contribution is -2.43. The summed E-state index contributed by atoms with van der Waals surface area (Å²) in [5, 5.41) is 4.89. The number of likely N-dealkylation sites (N-methyl/N-ethyl adjacent to an activating group) is 1. The third-order valence-corrected chi connectivity index (χ3v) is 5.26. The third kappa shape index (κ3) is 2.08. The molecule has 2 heterocycles. The summed E-state index contributed by atoms with van der Waals surface area (Å²) in [6.07, 6.45) is 0. The van der Waals surface area contributed by atoms with Crippen LogP contribution >= 0.6 is 11.3 Å². The number of thiophene rings is 1. The zero-order valence-electron chi connectivity index (χ0n) is 13.0. The molecule has 4 nitrogen and oxygen atoms in total. The molecule has 3 aromatic rings. The first kappa shape index (κ1) is 14.4. The smallest absolute Gasteiger partial charge is 0.261 e. The van der Waals surface area contributed by atoms with E-state index in [9.17, 15) is 9.59 Å². The standard InChI is InChI=1S/C18H16N2O2S/c1-19(2)7-8-20-17(21)13-5-3-4-12-15(13)14(18(20)22)10-11-6-9-23-16(11)12/h3-6,9-10H,7-8H2,1-2H3. The number of carbonyl (C=O) groups is 2. The fourth-order valence-electron chi connectivity index (χ4n) is 3.14. The minimum Gasteiger partial charge on any atom is -0.308 e. The second kappa shape index (κ2) is 5.15. The Hall–Kier alpha value is -2.24. The van der Waals surface area contributed by atoms with E-state index >= 15 is 0 Å². The van der Waals surface area contributed by atoms with Crippen LogP contribution in [-0.4, -0.2) is 48.8 Å². The average molecular weight is 324 g/mol. The van der Waals surface area contributed by atoms with Gasteiger partial charge in [0.25, 0.3) is 11.8 Å². The van der Waals surface area contributed by atoms with Gasteiger partial charge in [-0.3, -0.25) is 14.5 Å². The molecule has 0 bridgehead atoms. The number of hydrogen-bond acceptors (Lipinski definition) is 4. The predicted octanol–water partition coefficient (Wildman–Crippen LogP) is 3.21.